The van der Waals surface area contributed by atoms with E-state index in [1.54, 1.807) is 49.0 Å². The first-order chi connectivity index (χ1) is 11.9. The monoisotopic (exact) mass is 374 g/mol. The zero-order valence-electron chi connectivity index (χ0n) is 14.1. The average molecular weight is 374 g/mol. The molecule has 0 aliphatic heterocycles. The maximum atomic E-state index is 12.8. The van der Waals surface area contributed by atoms with E-state index in [4.69, 9.17) is 4.52 Å². The lowest BCUT2D eigenvalue weighted by Gasteiger charge is -2.12. The van der Waals surface area contributed by atoms with Crippen LogP contribution in [-0.2, 0) is 10.0 Å². The summed E-state index contributed by atoms with van der Waals surface area (Å²) in [6.07, 6.45) is 1.95. The van der Waals surface area contributed by atoms with Crippen molar-refractivity contribution in [2.24, 2.45) is 0 Å². The highest BCUT2D eigenvalue weighted by Gasteiger charge is 2.19. The minimum Gasteiger partial charge on any atom is -0.356 e. The Bertz CT molecular complexity index is 1010. The number of thioether (sulfide) groups is 1. The minimum absolute atomic E-state index is 0.216. The van der Waals surface area contributed by atoms with E-state index in [2.05, 4.69) is 9.88 Å². The lowest BCUT2D eigenvalue weighted by Crippen LogP contribution is -2.14. The maximum Gasteiger partial charge on any atom is 0.262 e. The molecule has 0 bridgehead atoms. The Kier molecular flexibility index (Phi) is 4.87. The summed E-state index contributed by atoms with van der Waals surface area (Å²) in [6.45, 7) is 3.58. The van der Waals surface area contributed by atoms with Gasteiger partial charge in [0.25, 0.3) is 10.0 Å². The molecule has 3 aromatic rings. The zero-order chi connectivity index (χ0) is 18.0. The molecule has 3 rings (SSSR count). The number of sulfonamides is 1. The van der Waals surface area contributed by atoms with Crippen LogP contribution in [0.5, 0.6) is 0 Å². The van der Waals surface area contributed by atoms with E-state index in [1.165, 1.54) is 0 Å². The van der Waals surface area contributed by atoms with Crippen LogP contribution in [0.1, 0.15) is 11.3 Å². The molecule has 1 N–H and O–H groups in total. The molecule has 5 nitrogen and oxygen atoms in total. The van der Waals surface area contributed by atoms with E-state index in [0.717, 1.165) is 10.6 Å². The first kappa shape index (κ1) is 17.6. The number of hydrogen-bond acceptors (Lipinski definition) is 5. The molecule has 25 heavy (non-hydrogen) atoms. The number of aromatic nitrogens is 1. The van der Waals surface area contributed by atoms with Crippen LogP contribution in [0.2, 0.25) is 0 Å². The lowest BCUT2D eigenvalue weighted by atomic mass is 10.1. The van der Waals surface area contributed by atoms with E-state index in [9.17, 15) is 8.42 Å². The topological polar surface area (TPSA) is 72.2 Å². The van der Waals surface area contributed by atoms with Gasteiger partial charge in [-0.1, -0.05) is 23.4 Å². The Hall–Kier alpha value is -2.25. The summed E-state index contributed by atoms with van der Waals surface area (Å²) in [5.74, 6) is 0.540. The molecule has 2 aromatic carbocycles. The van der Waals surface area contributed by atoms with Crippen molar-refractivity contribution in [3.63, 3.8) is 0 Å². The highest BCUT2D eigenvalue weighted by Crippen LogP contribution is 2.28. The van der Waals surface area contributed by atoms with E-state index in [1.807, 2.05) is 31.4 Å². The summed E-state index contributed by atoms with van der Waals surface area (Å²) >= 11 is 1.56. The molecule has 0 unspecified atom stereocenters. The SMILES string of the molecule is CSc1cccc(NS(=O)(=O)c2cc(-c3cc(C)no3)ccc2C)c1. The smallest absolute Gasteiger partial charge is 0.262 e. The first-order valence-electron chi connectivity index (χ1n) is 7.60. The zero-order valence-corrected chi connectivity index (χ0v) is 15.7. The van der Waals surface area contributed by atoms with Gasteiger partial charge in [-0.15, -0.1) is 11.8 Å². The Morgan fingerprint density at radius 2 is 1.88 bits per heavy atom. The van der Waals surface area contributed by atoms with Gasteiger partial charge in [0, 0.05) is 22.2 Å². The number of anilines is 1. The number of nitrogens with zero attached hydrogens (tertiary/aromatic N) is 1. The molecule has 0 spiro atoms. The van der Waals surface area contributed by atoms with E-state index < -0.39 is 10.0 Å². The quantitative estimate of drug-likeness (QED) is 0.667. The molecule has 7 heteroatoms. The molecule has 0 amide bonds. The number of hydrogen-bond donors (Lipinski definition) is 1. The normalized spacial score (nSPS) is 11.5. The van der Waals surface area contributed by atoms with Gasteiger partial charge in [0.05, 0.1) is 10.6 Å². The van der Waals surface area contributed by atoms with Crippen LogP contribution in [0, 0.1) is 13.8 Å². The van der Waals surface area contributed by atoms with Crippen LogP contribution in [0.4, 0.5) is 5.69 Å². The molecule has 0 atom stereocenters. The molecule has 0 aliphatic carbocycles. The maximum absolute atomic E-state index is 12.8. The van der Waals surface area contributed by atoms with Gasteiger partial charge >= 0.3 is 0 Å². The van der Waals surface area contributed by atoms with Crippen LogP contribution < -0.4 is 4.72 Å². The van der Waals surface area contributed by atoms with Gasteiger partial charge in [0.1, 0.15) is 0 Å². The van der Waals surface area contributed by atoms with Gasteiger partial charge in [0.2, 0.25) is 0 Å². The second-order valence-electron chi connectivity index (χ2n) is 5.65. The van der Waals surface area contributed by atoms with Crippen molar-refractivity contribution in [1.82, 2.24) is 5.16 Å². The lowest BCUT2D eigenvalue weighted by molar-refractivity contribution is 0.427. The number of benzene rings is 2. The molecule has 0 saturated heterocycles. The molecule has 1 aromatic heterocycles. The van der Waals surface area contributed by atoms with Gasteiger partial charge in [-0.2, -0.15) is 0 Å². The highest BCUT2D eigenvalue weighted by atomic mass is 32.2. The molecule has 130 valence electrons. The third kappa shape index (κ3) is 3.88. The molecular formula is C18H18N2O3S2. The molecule has 0 radical (unpaired) electrons. The third-order valence-electron chi connectivity index (χ3n) is 3.71. The largest absolute Gasteiger partial charge is 0.356 e. The number of aryl methyl sites for hydroxylation is 2. The average Bonchev–Trinajstić information content (AvgIpc) is 3.01. The van der Waals surface area contributed by atoms with Gasteiger partial charge in [-0.3, -0.25) is 4.72 Å². The summed E-state index contributed by atoms with van der Waals surface area (Å²) in [4.78, 5) is 1.21. The van der Waals surface area contributed by atoms with Crippen molar-refractivity contribution in [2.75, 3.05) is 11.0 Å². The standard InChI is InChI=1S/C18H18N2O3S2/c1-12-7-8-14(17-9-13(2)19-23-17)10-18(12)25(21,22)20-15-5-4-6-16(11-15)24-3/h4-11,20H,1-3H3. The number of rotatable bonds is 5. The fraction of sp³-hybridized carbons (Fsp3) is 0.167. The molecule has 0 fully saturated rings. The Labute approximate surface area is 151 Å². The van der Waals surface area contributed by atoms with Crippen LogP contribution in [0.25, 0.3) is 11.3 Å². The van der Waals surface area contributed by atoms with Crippen molar-refractivity contribution in [3.05, 3.63) is 59.8 Å². The van der Waals surface area contributed by atoms with Gasteiger partial charge in [0.15, 0.2) is 5.76 Å². The van der Waals surface area contributed by atoms with Crippen LogP contribution in [0.3, 0.4) is 0 Å². The van der Waals surface area contributed by atoms with Crippen molar-refractivity contribution >= 4 is 27.5 Å². The predicted molar refractivity (Wildman–Crippen MR) is 100 cm³/mol. The third-order valence-corrected chi connectivity index (χ3v) is 5.96. The minimum atomic E-state index is -3.71. The molecule has 0 aliphatic rings. The van der Waals surface area contributed by atoms with Crippen molar-refractivity contribution in [3.8, 4) is 11.3 Å². The fourth-order valence-electron chi connectivity index (χ4n) is 2.44. The second kappa shape index (κ2) is 6.93. The first-order valence-corrected chi connectivity index (χ1v) is 10.3. The Balaban J connectivity index is 1.98. The summed E-state index contributed by atoms with van der Waals surface area (Å²) < 4.78 is 33.6. The predicted octanol–water partition coefficient (Wildman–Crippen LogP) is 4.48. The fourth-order valence-corrected chi connectivity index (χ4v) is 4.22. The van der Waals surface area contributed by atoms with Gasteiger partial charge in [-0.25, -0.2) is 8.42 Å². The molecule has 1 heterocycles. The van der Waals surface area contributed by atoms with Crippen molar-refractivity contribution < 1.29 is 12.9 Å². The molecular weight excluding hydrogens is 356 g/mol. The van der Waals surface area contributed by atoms with Gasteiger partial charge in [-0.05, 0) is 49.9 Å². The van der Waals surface area contributed by atoms with Crippen LogP contribution in [-0.4, -0.2) is 19.8 Å². The Morgan fingerprint density at radius 1 is 1.08 bits per heavy atom. The van der Waals surface area contributed by atoms with Gasteiger partial charge < -0.3 is 4.52 Å². The Morgan fingerprint density at radius 3 is 2.56 bits per heavy atom. The highest BCUT2D eigenvalue weighted by molar-refractivity contribution is 7.98. The number of nitrogens with one attached hydrogen (secondary N) is 1. The summed E-state index contributed by atoms with van der Waals surface area (Å²) in [5, 5.41) is 3.85. The second-order valence-corrected chi connectivity index (χ2v) is 8.18. The summed E-state index contributed by atoms with van der Waals surface area (Å²) in [6, 6.07) is 14.3. The summed E-state index contributed by atoms with van der Waals surface area (Å²) in [5.41, 5.74) is 2.61. The van der Waals surface area contributed by atoms with E-state index in [-0.39, 0.29) is 4.90 Å². The van der Waals surface area contributed by atoms with Crippen LogP contribution in [0.15, 0.2) is 62.8 Å². The van der Waals surface area contributed by atoms with E-state index >= 15 is 0 Å². The van der Waals surface area contributed by atoms with Crippen LogP contribution >= 0.6 is 11.8 Å². The molecule has 0 saturated carbocycles. The van der Waals surface area contributed by atoms with Crippen molar-refractivity contribution in [2.45, 2.75) is 23.6 Å². The van der Waals surface area contributed by atoms with E-state index in [0.29, 0.717) is 22.6 Å². The van der Waals surface area contributed by atoms with Crippen molar-refractivity contribution in [1.29, 1.82) is 0 Å². The summed E-state index contributed by atoms with van der Waals surface area (Å²) in [7, 11) is -3.71.